The molecular formula is C14H64O16Si17. The first-order valence-electron chi connectivity index (χ1n) is 15.3. The zero-order chi connectivity index (χ0) is 38.0. The normalized spacial score (nSPS) is 22.3. The summed E-state index contributed by atoms with van der Waals surface area (Å²) in [6, 6.07) is 0. The lowest BCUT2D eigenvalue weighted by Gasteiger charge is -2.65. The molecule has 0 aromatic carbocycles. The van der Waals surface area contributed by atoms with E-state index in [0.29, 0.717) is 0 Å². The number of hydrogen-bond acceptors (Lipinski definition) is 16. The Morgan fingerprint density at radius 3 is 1.23 bits per heavy atom. The van der Waals surface area contributed by atoms with Crippen molar-refractivity contribution < 1.29 is 72.3 Å². The Balaban J connectivity index is 9.63. The van der Waals surface area contributed by atoms with Gasteiger partial charge in [-0.05, 0) is 85.1 Å². The van der Waals surface area contributed by atoms with Crippen molar-refractivity contribution in [3.8, 4) is 0 Å². The van der Waals surface area contributed by atoms with Gasteiger partial charge in [-0.1, -0.05) is 0 Å². The van der Waals surface area contributed by atoms with Gasteiger partial charge in [0.05, 0.1) is 0 Å². The number of hydrogen-bond donors (Lipinski definition) is 9. The van der Waals surface area contributed by atoms with E-state index in [1.807, 2.05) is 19.6 Å². The van der Waals surface area contributed by atoms with Crippen molar-refractivity contribution >= 4 is 142 Å². The van der Waals surface area contributed by atoms with Gasteiger partial charge in [0.25, 0.3) is 33.8 Å². The molecule has 9 N–H and O–H groups in total. The van der Waals surface area contributed by atoms with Crippen LogP contribution >= 0.6 is 0 Å². The van der Waals surface area contributed by atoms with Gasteiger partial charge in [-0.25, -0.2) is 0 Å². The summed E-state index contributed by atoms with van der Waals surface area (Å²) in [5.74, 6) is 0. The van der Waals surface area contributed by atoms with E-state index >= 15 is 0 Å². The third-order valence-corrected chi connectivity index (χ3v) is 197. The molecule has 0 aromatic rings. The molecular weight excluding hydrogens is 902 g/mol. The molecule has 0 aliphatic rings. The molecule has 33 heteroatoms. The minimum Gasteiger partial charge on any atom is -0.439 e. The summed E-state index contributed by atoms with van der Waals surface area (Å²) in [4.78, 5) is 105. The van der Waals surface area contributed by atoms with Crippen LogP contribution in [0.1, 0.15) is 0 Å². The van der Waals surface area contributed by atoms with Gasteiger partial charge in [-0.3, -0.25) is 0 Å². The van der Waals surface area contributed by atoms with Crippen molar-refractivity contribution in [3.63, 3.8) is 0 Å². The van der Waals surface area contributed by atoms with Crippen LogP contribution in [0.15, 0.2) is 0 Å². The topological polar surface area (TPSA) is 247 Å². The fraction of sp³-hybridized carbons (Fsp3) is 1.00. The zero-order valence-electron chi connectivity index (χ0n) is 30.9. The lowest BCUT2D eigenvalue weighted by molar-refractivity contribution is 0.301. The average molecular weight is 966 g/mol. The van der Waals surface area contributed by atoms with E-state index in [0.717, 1.165) is 0 Å². The molecule has 0 bridgehead atoms. The second kappa shape index (κ2) is 17.2. The van der Waals surface area contributed by atoms with Gasteiger partial charge in [-0.2, -0.15) is 0 Å². The van der Waals surface area contributed by atoms with Crippen LogP contribution in [0.25, 0.3) is 0 Å². The van der Waals surface area contributed by atoms with Gasteiger partial charge >= 0.3 is 32.3 Å². The maximum Gasteiger partial charge on any atom is 0.338 e. The molecule has 47 heavy (non-hydrogen) atoms. The molecule has 0 aliphatic heterocycles. The summed E-state index contributed by atoms with van der Waals surface area (Å²) in [7, 11) is -41.3. The monoisotopic (exact) mass is 964 g/mol. The molecule has 4 unspecified atom stereocenters. The highest BCUT2D eigenvalue weighted by Crippen LogP contribution is 2.47. The Morgan fingerprint density at radius 2 is 0.979 bits per heavy atom. The van der Waals surface area contributed by atoms with E-state index in [-0.39, 0.29) is 9.76 Å². The minimum atomic E-state index is -5.01. The predicted molar refractivity (Wildman–Crippen MR) is 226 cm³/mol. The first-order valence-corrected chi connectivity index (χ1v) is 63.3. The molecule has 0 saturated heterocycles. The van der Waals surface area contributed by atoms with Gasteiger partial charge in [0, 0.05) is 16.9 Å². The van der Waals surface area contributed by atoms with Crippen molar-refractivity contribution in [1.29, 1.82) is 0 Å². The first kappa shape index (κ1) is 50.0. The molecule has 0 rings (SSSR count). The minimum absolute atomic E-state index is 0.134. The summed E-state index contributed by atoms with van der Waals surface area (Å²) >= 11 is 0. The average Bonchev–Trinajstić information content (AvgIpc) is 2.84. The zero-order valence-corrected chi connectivity index (χ0v) is 51.0. The number of rotatable bonds is 22. The SMILES string of the molecule is CO[Si]([SiH3])([Si](C)(C)O)[Si](O[SiH2]O)([Si](C)(C)O)[Si](O[Si](C)(C)O[Si](C)(C)C)(O[Si](O[SiH2]O)([SiH2]O)[Si](C)(C)O)[Si](O[Si](C)(C)O)([SiH2]O)[SiH2]O. The van der Waals surface area contributed by atoms with E-state index in [9.17, 15) is 43.2 Å². The Bertz CT molecular complexity index is 997. The molecule has 0 amide bonds. The van der Waals surface area contributed by atoms with Gasteiger partial charge < -0.3 is 72.3 Å². The molecule has 0 heterocycles. The quantitative estimate of drug-likeness (QED) is 0.0458. The van der Waals surface area contributed by atoms with Crippen molar-refractivity contribution in [2.24, 2.45) is 0 Å². The molecule has 0 spiro atoms. The van der Waals surface area contributed by atoms with Gasteiger partial charge in [0.1, 0.15) is 0 Å². The highest BCUT2D eigenvalue weighted by Gasteiger charge is 2.90. The van der Waals surface area contributed by atoms with Crippen LogP contribution in [-0.4, -0.2) is 193 Å². The fourth-order valence-electron chi connectivity index (χ4n) is 6.21. The predicted octanol–water partition coefficient (Wildman–Crippen LogP) is -7.69. The van der Waals surface area contributed by atoms with E-state index in [2.05, 4.69) is 0 Å². The molecule has 0 aliphatic carbocycles. The second-order valence-electron chi connectivity index (χ2n) is 15.3. The van der Waals surface area contributed by atoms with Gasteiger partial charge in [0.15, 0.2) is 34.7 Å². The van der Waals surface area contributed by atoms with Crippen LogP contribution in [0.2, 0.25) is 85.1 Å². The van der Waals surface area contributed by atoms with Crippen LogP contribution in [0.3, 0.4) is 0 Å². The van der Waals surface area contributed by atoms with Crippen LogP contribution < -0.4 is 0 Å². The molecule has 4 atom stereocenters. The van der Waals surface area contributed by atoms with E-state index in [4.69, 9.17) is 29.1 Å². The van der Waals surface area contributed by atoms with Crippen LogP contribution in [0, 0.1) is 0 Å². The van der Waals surface area contributed by atoms with Crippen molar-refractivity contribution in [1.82, 2.24) is 0 Å². The van der Waals surface area contributed by atoms with E-state index < -0.39 is 133 Å². The molecule has 0 aromatic heterocycles. The van der Waals surface area contributed by atoms with Crippen molar-refractivity contribution in [2.75, 3.05) is 7.11 Å². The van der Waals surface area contributed by atoms with Gasteiger partial charge in [0.2, 0.25) is 31.8 Å². The molecule has 0 radical (unpaired) electrons. The van der Waals surface area contributed by atoms with Crippen LogP contribution in [-0.2, 0) is 29.1 Å². The second-order valence-corrected chi connectivity index (χ2v) is 122. The van der Waals surface area contributed by atoms with Gasteiger partial charge in [-0.15, -0.1) is 0 Å². The van der Waals surface area contributed by atoms with Crippen molar-refractivity contribution in [3.05, 3.63) is 0 Å². The van der Waals surface area contributed by atoms with Crippen LogP contribution in [0.5, 0.6) is 0 Å². The Kier molecular flexibility index (Phi) is 18.4. The highest BCUT2D eigenvalue weighted by atomic mass is 30.3. The summed E-state index contributed by atoms with van der Waals surface area (Å²) in [5, 5.41) is 0. The highest BCUT2D eigenvalue weighted by molar-refractivity contribution is 8.10. The molecule has 16 nitrogen and oxygen atoms in total. The first-order chi connectivity index (χ1) is 20.7. The third kappa shape index (κ3) is 10.6. The van der Waals surface area contributed by atoms with Crippen LogP contribution in [0.4, 0.5) is 0 Å². The molecule has 0 saturated carbocycles. The smallest absolute Gasteiger partial charge is 0.338 e. The molecule has 284 valence electrons. The summed E-state index contributed by atoms with van der Waals surface area (Å²) in [6.07, 6.45) is 0. The summed E-state index contributed by atoms with van der Waals surface area (Å²) in [5.41, 5.74) is 0. The standard InChI is InChI=1S/C14H64O16Si17/c1-24-45(31,40(9,10)22)47(26-33-16,41(11,12)23)44(29-42(13,14)27-37(2,3)4,46(35-18,36-19)28-38(5,6)20)30-43(34-17,25-32-15)39(7,8)21/h15-23H,32-36H2,1-14,31H3. The van der Waals surface area contributed by atoms with E-state index in [1.54, 1.807) is 39.3 Å². The van der Waals surface area contributed by atoms with Crippen molar-refractivity contribution in [2.45, 2.75) is 85.1 Å². The Morgan fingerprint density at radius 1 is 0.532 bits per heavy atom. The Labute approximate surface area is 304 Å². The summed E-state index contributed by atoms with van der Waals surface area (Å²) < 4.78 is 47.7. The maximum absolute atomic E-state index is 12.9. The largest absolute Gasteiger partial charge is 0.439 e. The maximum atomic E-state index is 12.9. The summed E-state index contributed by atoms with van der Waals surface area (Å²) in [6.45, 7) is 9.16. The third-order valence-electron chi connectivity index (χ3n) is 8.10. The van der Waals surface area contributed by atoms with E-state index in [1.165, 1.54) is 33.3 Å². The Hall–Kier alpha value is 3.05. The lowest BCUT2D eigenvalue weighted by atomic mass is 11.8. The lowest BCUT2D eigenvalue weighted by Crippen LogP contribution is -3.05. The fourth-order valence-corrected chi connectivity index (χ4v) is 304. The molecule has 0 fully saturated rings.